The summed E-state index contributed by atoms with van der Waals surface area (Å²) < 4.78 is 5.12. The molecule has 1 unspecified atom stereocenters. The summed E-state index contributed by atoms with van der Waals surface area (Å²) in [5.74, 6) is -1.05. The molecule has 0 aromatic heterocycles. The van der Waals surface area contributed by atoms with Gasteiger partial charge in [0.1, 0.15) is 11.7 Å². The molecule has 2 rings (SSSR count). The number of aryl methyl sites for hydroxylation is 2. The highest BCUT2D eigenvalue weighted by atomic mass is 16.5. The van der Waals surface area contributed by atoms with Gasteiger partial charge in [-0.15, -0.1) is 0 Å². The number of rotatable bonds is 10. The number of hydrogen-bond acceptors (Lipinski definition) is 3. The van der Waals surface area contributed by atoms with Crippen LogP contribution in [0.2, 0.25) is 0 Å². The Balaban J connectivity index is 1.89. The van der Waals surface area contributed by atoms with Crippen LogP contribution in [0, 0.1) is 5.92 Å². The predicted molar refractivity (Wildman–Crippen MR) is 99.3 cm³/mol. The van der Waals surface area contributed by atoms with E-state index in [1.807, 2.05) is 48.5 Å². The normalized spacial score (nSPS) is 11.7. The van der Waals surface area contributed by atoms with E-state index in [1.54, 1.807) is 6.92 Å². The van der Waals surface area contributed by atoms with Crippen molar-refractivity contribution in [2.45, 2.75) is 39.0 Å². The summed E-state index contributed by atoms with van der Waals surface area (Å²) in [6.07, 6.45) is 3.22. The fourth-order valence-corrected chi connectivity index (χ4v) is 2.89. The van der Waals surface area contributed by atoms with Gasteiger partial charge in [0.2, 0.25) is 0 Å². The van der Waals surface area contributed by atoms with Crippen LogP contribution in [0.3, 0.4) is 0 Å². The maximum absolute atomic E-state index is 12.6. The van der Waals surface area contributed by atoms with Crippen molar-refractivity contribution >= 4 is 11.8 Å². The number of carbonyl (C=O) groups is 2. The monoisotopic (exact) mass is 338 g/mol. The number of hydrogen-bond donors (Lipinski definition) is 0. The number of carbonyl (C=O) groups excluding carboxylic acids is 2. The Kier molecular flexibility index (Phi) is 7.90. The van der Waals surface area contributed by atoms with Gasteiger partial charge in [0.25, 0.3) is 0 Å². The van der Waals surface area contributed by atoms with Crippen molar-refractivity contribution in [2.24, 2.45) is 5.92 Å². The molecule has 2 aromatic rings. The molecular formula is C22H26O3. The lowest BCUT2D eigenvalue weighted by atomic mass is 9.92. The summed E-state index contributed by atoms with van der Waals surface area (Å²) in [5, 5.41) is 0. The maximum Gasteiger partial charge on any atom is 0.316 e. The molecule has 2 aromatic carbocycles. The SMILES string of the molecule is CCOC(=O)C(CCc1ccccc1)C(=O)CCCc1ccccc1. The highest BCUT2D eigenvalue weighted by Crippen LogP contribution is 2.16. The first-order valence-corrected chi connectivity index (χ1v) is 8.98. The van der Waals surface area contributed by atoms with Crippen LogP contribution < -0.4 is 0 Å². The summed E-state index contributed by atoms with van der Waals surface area (Å²) in [4.78, 5) is 24.8. The van der Waals surface area contributed by atoms with Gasteiger partial charge in [-0.2, -0.15) is 0 Å². The van der Waals surface area contributed by atoms with Gasteiger partial charge in [-0.3, -0.25) is 9.59 Å². The Morgan fingerprint density at radius 2 is 1.44 bits per heavy atom. The van der Waals surface area contributed by atoms with E-state index in [0.29, 0.717) is 25.9 Å². The number of benzene rings is 2. The van der Waals surface area contributed by atoms with E-state index >= 15 is 0 Å². The van der Waals surface area contributed by atoms with Crippen LogP contribution in [0.5, 0.6) is 0 Å². The molecule has 0 bridgehead atoms. The molecule has 132 valence electrons. The Morgan fingerprint density at radius 1 is 0.880 bits per heavy atom. The Morgan fingerprint density at radius 3 is 2.00 bits per heavy atom. The Bertz CT molecular complexity index is 649. The van der Waals surface area contributed by atoms with Gasteiger partial charge in [-0.1, -0.05) is 60.7 Å². The second kappa shape index (κ2) is 10.4. The summed E-state index contributed by atoms with van der Waals surface area (Å²) >= 11 is 0. The quantitative estimate of drug-likeness (QED) is 0.477. The topological polar surface area (TPSA) is 43.4 Å². The van der Waals surface area contributed by atoms with Crippen molar-refractivity contribution in [3.05, 3.63) is 71.8 Å². The molecule has 0 saturated heterocycles. The van der Waals surface area contributed by atoms with E-state index in [4.69, 9.17) is 4.74 Å². The van der Waals surface area contributed by atoms with Gasteiger partial charge in [0, 0.05) is 6.42 Å². The van der Waals surface area contributed by atoms with Crippen LogP contribution in [0.4, 0.5) is 0 Å². The molecule has 25 heavy (non-hydrogen) atoms. The molecule has 0 fully saturated rings. The smallest absolute Gasteiger partial charge is 0.316 e. The average molecular weight is 338 g/mol. The second-order valence-electron chi connectivity index (χ2n) is 6.13. The van der Waals surface area contributed by atoms with E-state index in [1.165, 1.54) is 5.56 Å². The fraction of sp³-hybridized carbons (Fsp3) is 0.364. The predicted octanol–water partition coefficient (Wildman–Crippen LogP) is 4.39. The van der Waals surface area contributed by atoms with Crippen molar-refractivity contribution in [3.63, 3.8) is 0 Å². The van der Waals surface area contributed by atoms with Gasteiger partial charge in [-0.25, -0.2) is 0 Å². The molecule has 0 aliphatic carbocycles. The minimum Gasteiger partial charge on any atom is -0.465 e. The third-order valence-electron chi connectivity index (χ3n) is 4.26. The lowest BCUT2D eigenvalue weighted by Gasteiger charge is -2.14. The van der Waals surface area contributed by atoms with Gasteiger partial charge < -0.3 is 4.74 Å². The van der Waals surface area contributed by atoms with Gasteiger partial charge in [-0.05, 0) is 43.7 Å². The number of ether oxygens (including phenoxy) is 1. The molecular weight excluding hydrogens is 312 g/mol. The average Bonchev–Trinajstić information content (AvgIpc) is 2.64. The highest BCUT2D eigenvalue weighted by molar-refractivity contribution is 5.98. The zero-order chi connectivity index (χ0) is 17.9. The molecule has 3 heteroatoms. The van der Waals surface area contributed by atoms with E-state index in [9.17, 15) is 9.59 Å². The molecule has 0 aliphatic heterocycles. The minimum absolute atomic E-state index is 0.00897. The molecule has 0 spiro atoms. The van der Waals surface area contributed by atoms with E-state index in [-0.39, 0.29) is 11.8 Å². The minimum atomic E-state index is -0.657. The molecule has 1 atom stereocenters. The van der Waals surface area contributed by atoms with Crippen molar-refractivity contribution in [2.75, 3.05) is 6.61 Å². The Hall–Kier alpha value is -2.42. The maximum atomic E-state index is 12.6. The van der Waals surface area contributed by atoms with Crippen LogP contribution in [-0.4, -0.2) is 18.4 Å². The molecule has 3 nitrogen and oxygen atoms in total. The number of ketones is 1. The molecule has 0 saturated carbocycles. The zero-order valence-electron chi connectivity index (χ0n) is 14.8. The third-order valence-corrected chi connectivity index (χ3v) is 4.26. The summed E-state index contributed by atoms with van der Waals surface area (Å²) in [5.41, 5.74) is 2.35. The Labute approximate surface area is 150 Å². The van der Waals surface area contributed by atoms with Crippen molar-refractivity contribution < 1.29 is 14.3 Å². The van der Waals surface area contributed by atoms with Gasteiger partial charge >= 0.3 is 5.97 Å². The van der Waals surface area contributed by atoms with Gasteiger partial charge in [0.05, 0.1) is 6.61 Å². The standard InChI is InChI=1S/C22H26O3/c1-2-25-22(24)20(17-16-19-12-7-4-8-13-19)21(23)15-9-14-18-10-5-3-6-11-18/h3-8,10-13,20H,2,9,14-17H2,1H3. The van der Waals surface area contributed by atoms with Crippen LogP contribution in [0.25, 0.3) is 0 Å². The van der Waals surface area contributed by atoms with E-state index in [2.05, 4.69) is 12.1 Å². The van der Waals surface area contributed by atoms with E-state index < -0.39 is 5.92 Å². The van der Waals surface area contributed by atoms with Crippen molar-refractivity contribution in [3.8, 4) is 0 Å². The van der Waals surface area contributed by atoms with Crippen LogP contribution in [0.15, 0.2) is 60.7 Å². The van der Waals surface area contributed by atoms with Gasteiger partial charge in [0.15, 0.2) is 0 Å². The first-order valence-electron chi connectivity index (χ1n) is 8.98. The largest absolute Gasteiger partial charge is 0.465 e. The number of Topliss-reactive ketones (excluding diaryl/α,β-unsaturated/α-hetero) is 1. The lowest BCUT2D eigenvalue weighted by Crippen LogP contribution is -2.27. The molecule has 0 heterocycles. The fourth-order valence-electron chi connectivity index (χ4n) is 2.89. The molecule has 0 N–H and O–H groups in total. The van der Waals surface area contributed by atoms with Crippen LogP contribution >= 0.6 is 0 Å². The van der Waals surface area contributed by atoms with Crippen molar-refractivity contribution in [1.82, 2.24) is 0 Å². The highest BCUT2D eigenvalue weighted by Gasteiger charge is 2.27. The number of esters is 1. The first kappa shape index (κ1) is 18.9. The van der Waals surface area contributed by atoms with Crippen LogP contribution in [-0.2, 0) is 27.2 Å². The molecule has 0 radical (unpaired) electrons. The van der Waals surface area contributed by atoms with Crippen molar-refractivity contribution in [1.29, 1.82) is 0 Å². The first-order chi connectivity index (χ1) is 12.2. The van der Waals surface area contributed by atoms with Crippen LogP contribution in [0.1, 0.15) is 37.3 Å². The molecule has 0 amide bonds. The van der Waals surface area contributed by atoms with E-state index in [0.717, 1.165) is 18.4 Å². The third kappa shape index (κ3) is 6.54. The summed E-state index contributed by atoms with van der Waals surface area (Å²) in [6.45, 7) is 2.07. The molecule has 0 aliphatic rings. The summed E-state index contributed by atoms with van der Waals surface area (Å²) in [7, 11) is 0. The summed E-state index contributed by atoms with van der Waals surface area (Å²) in [6, 6.07) is 20.0. The second-order valence-corrected chi connectivity index (χ2v) is 6.13. The lowest BCUT2D eigenvalue weighted by molar-refractivity contribution is -0.151. The zero-order valence-corrected chi connectivity index (χ0v) is 14.8.